The van der Waals surface area contributed by atoms with Crippen LogP contribution in [0.15, 0.2) is 104 Å². The Morgan fingerprint density at radius 3 is 1.76 bits per heavy atom. The Labute approximate surface area is 342 Å². The number of nitrogens with one attached hydrogen (secondary N) is 2. The number of carbonyl (C=O) groups is 2. The largest absolute Gasteiger partial charge is 0.382 e. The lowest BCUT2D eigenvalue weighted by Crippen LogP contribution is -2.41. The fourth-order valence-electron chi connectivity index (χ4n) is 8.47. The van der Waals surface area contributed by atoms with Crippen LogP contribution < -0.4 is 10.6 Å². The fourth-order valence-corrected chi connectivity index (χ4v) is 8.47. The lowest BCUT2D eigenvalue weighted by molar-refractivity contribution is -0.130. The van der Waals surface area contributed by atoms with Gasteiger partial charge in [0.05, 0.1) is 33.8 Å². The van der Waals surface area contributed by atoms with Gasteiger partial charge in [0.1, 0.15) is 0 Å². The molecular formula is C46H47N11O2. The summed E-state index contributed by atoms with van der Waals surface area (Å²) >= 11 is 0. The molecule has 13 nitrogen and oxygen atoms in total. The second kappa shape index (κ2) is 15.8. The van der Waals surface area contributed by atoms with Crippen LogP contribution in [0.4, 0.5) is 11.4 Å². The topological polar surface area (TPSA) is 139 Å². The highest BCUT2D eigenvalue weighted by Gasteiger charge is 2.25. The van der Waals surface area contributed by atoms with Crippen LogP contribution in [0.25, 0.3) is 66.1 Å². The van der Waals surface area contributed by atoms with Crippen LogP contribution in [-0.4, -0.2) is 94.2 Å². The molecule has 8 aromatic rings. The average molecular weight is 786 g/mol. The third-order valence-corrected chi connectivity index (χ3v) is 11.7. The molecular weight excluding hydrogens is 739 g/mol. The Hall–Kier alpha value is -6.89. The molecule has 1 unspecified atom stereocenters. The molecule has 4 aromatic carbocycles. The van der Waals surface area contributed by atoms with Gasteiger partial charge in [-0.2, -0.15) is 5.10 Å². The predicted octanol–water partition coefficient (Wildman–Crippen LogP) is 7.43. The van der Waals surface area contributed by atoms with Crippen molar-refractivity contribution in [2.24, 2.45) is 14.1 Å². The van der Waals surface area contributed by atoms with Gasteiger partial charge < -0.3 is 25.0 Å². The highest BCUT2D eigenvalue weighted by molar-refractivity contribution is 5.98. The van der Waals surface area contributed by atoms with Crippen molar-refractivity contribution < 1.29 is 9.59 Å². The van der Waals surface area contributed by atoms with Crippen LogP contribution in [0.1, 0.15) is 33.1 Å². The SMILES string of the molecule is CC(=O)N1CCC(Nc2cc(-c3ccc4ccn(C)c4c3)c3nccnc3c2)C1.CC(=O)N1CCC(Nc2cc(-c3ccc4cnn(C)c4c3)c3nccnc3c2)CC1. The van der Waals surface area contributed by atoms with Gasteiger partial charge in [-0.25, -0.2) is 0 Å². The van der Waals surface area contributed by atoms with Crippen molar-refractivity contribution in [3.05, 3.63) is 104 Å². The minimum atomic E-state index is 0.134. The zero-order valence-corrected chi connectivity index (χ0v) is 33.8. The molecule has 10 rings (SSSR count). The molecule has 0 spiro atoms. The van der Waals surface area contributed by atoms with Gasteiger partial charge in [0, 0.05) is 131 Å². The minimum Gasteiger partial charge on any atom is -0.382 e. The van der Waals surface area contributed by atoms with Crippen LogP contribution in [-0.2, 0) is 23.7 Å². The van der Waals surface area contributed by atoms with Gasteiger partial charge in [-0.05, 0) is 78.2 Å². The van der Waals surface area contributed by atoms with E-state index in [2.05, 4.69) is 114 Å². The van der Waals surface area contributed by atoms with Crippen molar-refractivity contribution in [1.29, 1.82) is 0 Å². The number of anilines is 2. The van der Waals surface area contributed by atoms with Crippen molar-refractivity contribution in [2.75, 3.05) is 36.8 Å². The zero-order valence-electron chi connectivity index (χ0n) is 33.8. The number of hydrogen-bond donors (Lipinski definition) is 2. The normalized spacial score (nSPS) is 15.8. The molecule has 4 aromatic heterocycles. The summed E-state index contributed by atoms with van der Waals surface area (Å²) in [6, 6.07) is 24.0. The van der Waals surface area contributed by atoms with E-state index in [1.165, 1.54) is 10.9 Å². The Balaban J connectivity index is 0.000000152. The van der Waals surface area contributed by atoms with Gasteiger partial charge in [-0.1, -0.05) is 24.3 Å². The van der Waals surface area contributed by atoms with E-state index in [1.807, 2.05) is 33.8 Å². The number of aryl methyl sites for hydroxylation is 2. The first kappa shape index (κ1) is 37.7. The summed E-state index contributed by atoms with van der Waals surface area (Å²) in [4.78, 5) is 45.4. The maximum absolute atomic E-state index is 11.6. The molecule has 2 aliphatic rings. The van der Waals surface area contributed by atoms with Crippen LogP contribution in [0.3, 0.4) is 0 Å². The van der Waals surface area contributed by atoms with E-state index in [0.717, 1.165) is 112 Å². The number of benzene rings is 4. The van der Waals surface area contributed by atoms with Crippen LogP contribution >= 0.6 is 0 Å². The smallest absolute Gasteiger partial charge is 0.219 e. The Kier molecular flexibility index (Phi) is 10.1. The van der Waals surface area contributed by atoms with Gasteiger partial charge in [-0.3, -0.25) is 34.2 Å². The second-order valence-electron chi connectivity index (χ2n) is 15.7. The van der Waals surface area contributed by atoms with E-state index < -0.39 is 0 Å². The molecule has 0 radical (unpaired) electrons. The lowest BCUT2D eigenvalue weighted by Gasteiger charge is -2.32. The van der Waals surface area contributed by atoms with Gasteiger partial charge in [0.15, 0.2) is 0 Å². The monoisotopic (exact) mass is 785 g/mol. The van der Waals surface area contributed by atoms with E-state index in [0.29, 0.717) is 6.04 Å². The van der Waals surface area contributed by atoms with Gasteiger partial charge in [0.2, 0.25) is 11.8 Å². The number of amides is 2. The summed E-state index contributed by atoms with van der Waals surface area (Å²) < 4.78 is 4.02. The molecule has 0 bridgehead atoms. The quantitative estimate of drug-likeness (QED) is 0.176. The minimum absolute atomic E-state index is 0.134. The van der Waals surface area contributed by atoms with Crippen LogP contribution in [0, 0.1) is 0 Å². The third kappa shape index (κ3) is 7.75. The number of likely N-dealkylation sites (tertiary alicyclic amines) is 2. The summed E-state index contributed by atoms with van der Waals surface area (Å²) in [6.07, 6.45) is 13.7. The Morgan fingerprint density at radius 1 is 0.610 bits per heavy atom. The highest BCUT2D eigenvalue weighted by atomic mass is 16.2. The van der Waals surface area contributed by atoms with E-state index in [4.69, 9.17) is 0 Å². The number of rotatable bonds is 6. The van der Waals surface area contributed by atoms with Crippen molar-refractivity contribution >= 4 is 67.1 Å². The van der Waals surface area contributed by atoms with E-state index in [9.17, 15) is 9.59 Å². The third-order valence-electron chi connectivity index (χ3n) is 11.7. The summed E-state index contributed by atoms with van der Waals surface area (Å²) in [7, 11) is 4.01. The summed E-state index contributed by atoms with van der Waals surface area (Å²) in [6.45, 7) is 6.40. The number of piperidine rings is 1. The molecule has 2 saturated heterocycles. The first-order valence-electron chi connectivity index (χ1n) is 20.2. The summed E-state index contributed by atoms with van der Waals surface area (Å²) in [5.74, 6) is 0.289. The molecule has 59 heavy (non-hydrogen) atoms. The number of carbonyl (C=O) groups excluding carboxylic acids is 2. The maximum atomic E-state index is 11.6. The van der Waals surface area contributed by atoms with E-state index in [1.54, 1.807) is 38.6 Å². The number of hydrogen-bond acceptors (Lipinski definition) is 9. The molecule has 2 N–H and O–H groups in total. The molecule has 1 atom stereocenters. The number of aromatic nitrogens is 7. The fraction of sp³-hybridized carbons (Fsp3) is 0.283. The Bertz CT molecular complexity index is 2860. The van der Waals surface area contributed by atoms with E-state index >= 15 is 0 Å². The van der Waals surface area contributed by atoms with Crippen molar-refractivity contribution in [3.63, 3.8) is 0 Å². The lowest BCUT2D eigenvalue weighted by atomic mass is 10.00. The molecule has 6 heterocycles. The van der Waals surface area contributed by atoms with Crippen LogP contribution in [0.2, 0.25) is 0 Å². The summed E-state index contributed by atoms with van der Waals surface area (Å²) in [5.41, 5.74) is 12.1. The first-order valence-corrected chi connectivity index (χ1v) is 20.2. The van der Waals surface area contributed by atoms with Crippen molar-refractivity contribution in [2.45, 2.75) is 45.2 Å². The molecule has 0 saturated carbocycles. The molecule has 0 aliphatic carbocycles. The van der Waals surface area contributed by atoms with Gasteiger partial charge in [-0.15, -0.1) is 0 Å². The average Bonchev–Trinajstić information content (AvgIpc) is 3.99. The van der Waals surface area contributed by atoms with Crippen molar-refractivity contribution in [3.8, 4) is 22.3 Å². The Morgan fingerprint density at radius 2 is 1.15 bits per heavy atom. The molecule has 298 valence electrons. The van der Waals surface area contributed by atoms with Gasteiger partial charge in [0.25, 0.3) is 0 Å². The van der Waals surface area contributed by atoms with Crippen molar-refractivity contribution in [1.82, 2.24) is 44.1 Å². The molecule has 13 heteroatoms. The number of nitrogens with zero attached hydrogens (tertiary/aromatic N) is 9. The van der Waals surface area contributed by atoms with E-state index in [-0.39, 0.29) is 17.9 Å². The first-order chi connectivity index (χ1) is 28.7. The zero-order chi connectivity index (χ0) is 40.6. The van der Waals surface area contributed by atoms with Gasteiger partial charge >= 0.3 is 0 Å². The van der Waals surface area contributed by atoms with Crippen LogP contribution in [0.5, 0.6) is 0 Å². The molecule has 2 aliphatic heterocycles. The molecule has 2 amide bonds. The summed E-state index contributed by atoms with van der Waals surface area (Å²) in [5, 5.41) is 14.0. The second-order valence-corrected chi connectivity index (χ2v) is 15.7. The molecule has 2 fully saturated rings. The number of fused-ring (bicyclic) bond motifs is 4. The maximum Gasteiger partial charge on any atom is 0.219 e. The highest BCUT2D eigenvalue weighted by Crippen LogP contribution is 2.34. The predicted molar refractivity (Wildman–Crippen MR) is 234 cm³/mol. The standard InChI is InChI=1S/C23H24N6O.C23H23N5O/c1-15(30)29-9-5-18(6-10-29)27-19-12-20(23-21(13-19)24-7-8-25-23)16-3-4-17-14-26-28(2)22(17)11-16;1-15(29)28-10-6-18(14-28)26-19-12-20(23-21(13-19)24-7-8-25-23)17-4-3-16-5-9-27(2)22(16)11-17/h3-4,7-8,11-14,18,27H,5-6,9-10H2,1-2H3;3-5,7-9,11-13,18,26H,6,10,14H2,1-2H3.